The number of benzene rings is 2. The van der Waals surface area contributed by atoms with Crippen LogP contribution in [0.2, 0.25) is 5.02 Å². The molecule has 128 valence electrons. The summed E-state index contributed by atoms with van der Waals surface area (Å²) in [6.45, 7) is 3.74. The van der Waals surface area contributed by atoms with Gasteiger partial charge in [0.1, 0.15) is 5.75 Å². The van der Waals surface area contributed by atoms with E-state index in [1.54, 1.807) is 7.11 Å². The average molecular weight is 354 g/mol. The van der Waals surface area contributed by atoms with E-state index in [2.05, 4.69) is 26.9 Å². The Morgan fingerprint density at radius 3 is 2.56 bits per heavy atom. The summed E-state index contributed by atoms with van der Waals surface area (Å²) in [6.07, 6.45) is 3.76. The van der Waals surface area contributed by atoms with Crippen LogP contribution in [0.15, 0.2) is 54.9 Å². The summed E-state index contributed by atoms with van der Waals surface area (Å²) >= 11 is 6.13. The van der Waals surface area contributed by atoms with Crippen LogP contribution in [0, 0.1) is 0 Å². The number of anilines is 2. The van der Waals surface area contributed by atoms with Gasteiger partial charge in [-0.2, -0.15) is 0 Å². The van der Waals surface area contributed by atoms with Crippen molar-refractivity contribution >= 4 is 33.7 Å². The van der Waals surface area contributed by atoms with Crippen molar-refractivity contribution in [1.29, 1.82) is 0 Å². The molecule has 4 rings (SSSR count). The Bertz CT molecular complexity index is 891. The van der Waals surface area contributed by atoms with E-state index in [9.17, 15) is 0 Å². The molecular weight excluding hydrogens is 334 g/mol. The quantitative estimate of drug-likeness (QED) is 0.704. The van der Waals surface area contributed by atoms with E-state index < -0.39 is 0 Å². The molecule has 5 heteroatoms. The van der Waals surface area contributed by atoms with E-state index in [1.165, 1.54) is 11.1 Å². The van der Waals surface area contributed by atoms with Gasteiger partial charge in [0.25, 0.3) is 0 Å². The molecule has 4 nitrogen and oxygen atoms in total. The lowest BCUT2D eigenvalue weighted by atomic mass is 10.1. The number of piperazine rings is 1. The highest BCUT2D eigenvalue weighted by Crippen LogP contribution is 2.36. The molecule has 1 aromatic heterocycles. The maximum absolute atomic E-state index is 6.13. The molecule has 1 aliphatic rings. The second-order valence-electron chi connectivity index (χ2n) is 6.17. The molecule has 1 saturated heterocycles. The zero-order valence-electron chi connectivity index (χ0n) is 14.2. The molecule has 0 N–H and O–H groups in total. The van der Waals surface area contributed by atoms with Gasteiger partial charge in [0.15, 0.2) is 0 Å². The molecule has 0 bridgehead atoms. The van der Waals surface area contributed by atoms with Crippen molar-refractivity contribution in [3.05, 3.63) is 59.9 Å². The Kier molecular flexibility index (Phi) is 4.36. The first-order valence-corrected chi connectivity index (χ1v) is 8.80. The van der Waals surface area contributed by atoms with Crippen molar-refractivity contribution in [2.24, 2.45) is 0 Å². The molecule has 3 aromatic rings. The van der Waals surface area contributed by atoms with Crippen LogP contribution in [0.25, 0.3) is 10.8 Å². The number of nitrogens with zero attached hydrogens (tertiary/aromatic N) is 3. The van der Waals surface area contributed by atoms with Crippen LogP contribution in [0.1, 0.15) is 0 Å². The van der Waals surface area contributed by atoms with Gasteiger partial charge < -0.3 is 14.5 Å². The van der Waals surface area contributed by atoms with Gasteiger partial charge >= 0.3 is 0 Å². The van der Waals surface area contributed by atoms with Crippen molar-refractivity contribution in [3.63, 3.8) is 0 Å². The molecule has 2 aromatic carbocycles. The molecule has 0 aliphatic carbocycles. The molecule has 0 spiro atoms. The number of methoxy groups -OCH3 is 1. The minimum Gasteiger partial charge on any atom is -0.495 e. The first-order valence-electron chi connectivity index (χ1n) is 8.42. The number of rotatable bonds is 3. The second kappa shape index (κ2) is 6.81. The Morgan fingerprint density at radius 1 is 1.00 bits per heavy atom. The third-order valence-corrected chi connectivity index (χ3v) is 4.98. The Balaban J connectivity index is 1.61. The number of hydrogen-bond donors (Lipinski definition) is 0. The first kappa shape index (κ1) is 16.0. The molecule has 1 fully saturated rings. The highest BCUT2D eigenvalue weighted by molar-refractivity contribution is 6.30. The molecule has 0 atom stereocenters. The molecule has 25 heavy (non-hydrogen) atoms. The monoisotopic (exact) mass is 353 g/mol. The molecular formula is C20H20ClN3O. The van der Waals surface area contributed by atoms with Gasteiger partial charge in [0.2, 0.25) is 0 Å². The zero-order chi connectivity index (χ0) is 17.2. The van der Waals surface area contributed by atoms with Crippen molar-refractivity contribution in [3.8, 4) is 5.75 Å². The Hall–Kier alpha value is -2.46. The fraction of sp³-hybridized carbons (Fsp3) is 0.250. The molecule has 0 unspecified atom stereocenters. The number of fused-ring (bicyclic) bond motifs is 1. The molecule has 0 radical (unpaired) electrons. The van der Waals surface area contributed by atoms with E-state index in [1.807, 2.05) is 42.7 Å². The van der Waals surface area contributed by atoms with Crippen molar-refractivity contribution in [2.45, 2.75) is 0 Å². The summed E-state index contributed by atoms with van der Waals surface area (Å²) in [4.78, 5) is 9.07. The van der Waals surface area contributed by atoms with Crippen molar-refractivity contribution < 1.29 is 4.74 Å². The number of pyridine rings is 1. The number of aromatic nitrogens is 1. The van der Waals surface area contributed by atoms with Gasteiger partial charge in [-0.3, -0.25) is 4.98 Å². The van der Waals surface area contributed by atoms with Gasteiger partial charge in [-0.05, 0) is 35.7 Å². The van der Waals surface area contributed by atoms with Gasteiger partial charge in [-0.15, -0.1) is 0 Å². The van der Waals surface area contributed by atoms with Gasteiger partial charge in [0.05, 0.1) is 12.8 Å². The average Bonchev–Trinajstić information content (AvgIpc) is 2.67. The Morgan fingerprint density at radius 2 is 1.80 bits per heavy atom. The predicted molar refractivity (Wildman–Crippen MR) is 104 cm³/mol. The van der Waals surface area contributed by atoms with Crippen molar-refractivity contribution in [1.82, 2.24) is 4.98 Å². The maximum atomic E-state index is 6.13. The third-order valence-electron chi connectivity index (χ3n) is 4.75. The highest BCUT2D eigenvalue weighted by Gasteiger charge is 2.22. The highest BCUT2D eigenvalue weighted by atomic mass is 35.5. The van der Waals surface area contributed by atoms with Crippen LogP contribution in [-0.4, -0.2) is 38.3 Å². The van der Waals surface area contributed by atoms with E-state index in [4.69, 9.17) is 16.3 Å². The fourth-order valence-electron chi connectivity index (χ4n) is 3.48. The van der Waals surface area contributed by atoms with Crippen molar-refractivity contribution in [2.75, 3.05) is 43.1 Å². The summed E-state index contributed by atoms with van der Waals surface area (Å²) in [5.74, 6) is 0.900. The minimum absolute atomic E-state index is 0.779. The van der Waals surface area contributed by atoms with Crippen LogP contribution < -0.4 is 14.5 Å². The summed E-state index contributed by atoms with van der Waals surface area (Å²) in [5.41, 5.74) is 2.32. The molecule has 0 saturated carbocycles. The summed E-state index contributed by atoms with van der Waals surface area (Å²) in [6, 6.07) is 14.2. The summed E-state index contributed by atoms with van der Waals surface area (Å²) in [5, 5.41) is 3.10. The SMILES string of the molecule is COc1ccc2ccncc2c1N1CCN(c2cccc(Cl)c2)CC1. The zero-order valence-corrected chi connectivity index (χ0v) is 14.9. The lowest BCUT2D eigenvalue weighted by molar-refractivity contribution is 0.414. The van der Waals surface area contributed by atoms with Crippen LogP contribution in [-0.2, 0) is 0 Å². The van der Waals surface area contributed by atoms with E-state index >= 15 is 0 Å². The summed E-state index contributed by atoms with van der Waals surface area (Å²) in [7, 11) is 1.73. The minimum atomic E-state index is 0.779. The fourth-order valence-corrected chi connectivity index (χ4v) is 3.66. The summed E-state index contributed by atoms with van der Waals surface area (Å²) < 4.78 is 5.63. The topological polar surface area (TPSA) is 28.6 Å². The number of halogens is 1. The van der Waals surface area contributed by atoms with Crippen LogP contribution in [0.3, 0.4) is 0 Å². The first-order chi connectivity index (χ1) is 12.3. The van der Waals surface area contributed by atoms with Gasteiger partial charge in [-0.1, -0.05) is 23.7 Å². The lowest BCUT2D eigenvalue weighted by Crippen LogP contribution is -2.46. The van der Waals surface area contributed by atoms with Crippen LogP contribution in [0.4, 0.5) is 11.4 Å². The van der Waals surface area contributed by atoms with E-state index in [0.717, 1.165) is 48.0 Å². The standard InChI is InChI=1S/C20H20ClN3O/c1-25-19-6-5-15-7-8-22-14-18(15)20(19)24-11-9-23(10-12-24)17-4-2-3-16(21)13-17/h2-8,13-14H,9-12H2,1H3. The maximum Gasteiger partial charge on any atom is 0.142 e. The Labute approximate surface area is 152 Å². The number of hydrogen-bond acceptors (Lipinski definition) is 4. The predicted octanol–water partition coefficient (Wildman–Crippen LogP) is 4.22. The molecule has 1 aliphatic heterocycles. The smallest absolute Gasteiger partial charge is 0.142 e. The van der Waals surface area contributed by atoms with Crippen LogP contribution in [0.5, 0.6) is 5.75 Å². The molecule has 0 amide bonds. The van der Waals surface area contributed by atoms with E-state index in [0.29, 0.717) is 0 Å². The second-order valence-corrected chi connectivity index (χ2v) is 6.60. The normalized spacial score (nSPS) is 14.8. The lowest BCUT2D eigenvalue weighted by Gasteiger charge is -2.38. The number of ether oxygens (including phenoxy) is 1. The molecule has 2 heterocycles. The van der Waals surface area contributed by atoms with Crippen LogP contribution >= 0.6 is 11.6 Å². The van der Waals surface area contributed by atoms with Gasteiger partial charge in [0, 0.05) is 54.7 Å². The van der Waals surface area contributed by atoms with Gasteiger partial charge in [-0.25, -0.2) is 0 Å². The largest absolute Gasteiger partial charge is 0.495 e. The van der Waals surface area contributed by atoms with E-state index in [-0.39, 0.29) is 0 Å². The third kappa shape index (κ3) is 3.10.